The molecule has 0 radical (unpaired) electrons. The van der Waals surface area contributed by atoms with E-state index in [-0.39, 0.29) is 6.10 Å². The number of halogens is 1. The van der Waals surface area contributed by atoms with Gasteiger partial charge in [-0.3, -0.25) is 0 Å². The van der Waals surface area contributed by atoms with E-state index in [4.69, 9.17) is 16.3 Å². The molecule has 0 saturated carbocycles. The lowest BCUT2D eigenvalue weighted by Gasteiger charge is -2.12. The van der Waals surface area contributed by atoms with Crippen molar-refractivity contribution >= 4 is 23.4 Å². The highest BCUT2D eigenvalue weighted by Gasteiger charge is 2.05. The first-order valence-electron chi connectivity index (χ1n) is 4.13. The molecule has 0 aliphatic heterocycles. The number of ether oxygens (including phenoxy) is 1. The highest BCUT2D eigenvalue weighted by molar-refractivity contribution is 7.98. The standard InChI is InChI=1S/C10H13ClOS/c1-7(2)12-9-6-8(11)4-5-10(9)13-3/h4-7H,1-3H3. The molecule has 1 aromatic carbocycles. The maximum atomic E-state index is 5.87. The van der Waals surface area contributed by atoms with E-state index < -0.39 is 0 Å². The number of thioether (sulfide) groups is 1. The average molecular weight is 217 g/mol. The lowest BCUT2D eigenvalue weighted by Crippen LogP contribution is -2.06. The highest BCUT2D eigenvalue weighted by Crippen LogP contribution is 2.30. The van der Waals surface area contributed by atoms with E-state index in [9.17, 15) is 0 Å². The van der Waals surface area contributed by atoms with Crippen LogP contribution in [0, 0.1) is 0 Å². The van der Waals surface area contributed by atoms with Gasteiger partial charge in [-0.15, -0.1) is 11.8 Å². The summed E-state index contributed by atoms with van der Waals surface area (Å²) in [6, 6.07) is 5.71. The molecule has 13 heavy (non-hydrogen) atoms. The SMILES string of the molecule is CSc1ccc(Cl)cc1OC(C)C. The van der Waals surface area contributed by atoms with E-state index in [1.54, 1.807) is 11.8 Å². The van der Waals surface area contributed by atoms with E-state index in [0.29, 0.717) is 5.02 Å². The number of hydrogen-bond acceptors (Lipinski definition) is 2. The molecule has 3 heteroatoms. The molecule has 1 rings (SSSR count). The average Bonchev–Trinajstić information content (AvgIpc) is 2.03. The van der Waals surface area contributed by atoms with Crippen molar-refractivity contribution in [1.82, 2.24) is 0 Å². The summed E-state index contributed by atoms with van der Waals surface area (Å²) in [5.41, 5.74) is 0. The third-order valence-electron chi connectivity index (χ3n) is 1.49. The molecule has 1 nitrogen and oxygen atoms in total. The topological polar surface area (TPSA) is 9.23 Å². The number of hydrogen-bond donors (Lipinski definition) is 0. The maximum Gasteiger partial charge on any atom is 0.134 e. The Hall–Kier alpha value is -0.340. The number of benzene rings is 1. The van der Waals surface area contributed by atoms with Crippen LogP contribution >= 0.6 is 23.4 Å². The van der Waals surface area contributed by atoms with Crippen LogP contribution in [-0.2, 0) is 0 Å². The van der Waals surface area contributed by atoms with Crippen molar-refractivity contribution in [3.8, 4) is 5.75 Å². The van der Waals surface area contributed by atoms with E-state index in [1.807, 2.05) is 38.3 Å². The van der Waals surface area contributed by atoms with Gasteiger partial charge in [0, 0.05) is 9.92 Å². The minimum absolute atomic E-state index is 0.185. The zero-order valence-corrected chi connectivity index (χ0v) is 9.58. The second-order valence-corrected chi connectivity index (χ2v) is 4.25. The van der Waals surface area contributed by atoms with Crippen LogP contribution in [0.3, 0.4) is 0 Å². The largest absolute Gasteiger partial charge is 0.490 e. The van der Waals surface area contributed by atoms with Crippen molar-refractivity contribution in [2.24, 2.45) is 0 Å². The molecule has 0 aliphatic carbocycles. The highest BCUT2D eigenvalue weighted by atomic mass is 35.5. The van der Waals surface area contributed by atoms with Gasteiger partial charge >= 0.3 is 0 Å². The molecule has 0 aromatic heterocycles. The van der Waals surface area contributed by atoms with Crippen LogP contribution in [-0.4, -0.2) is 12.4 Å². The molecular weight excluding hydrogens is 204 g/mol. The van der Waals surface area contributed by atoms with Gasteiger partial charge in [0.2, 0.25) is 0 Å². The lowest BCUT2D eigenvalue weighted by atomic mass is 10.3. The van der Waals surface area contributed by atoms with Gasteiger partial charge in [-0.1, -0.05) is 11.6 Å². The molecule has 0 aliphatic rings. The van der Waals surface area contributed by atoms with Crippen LogP contribution in [0.25, 0.3) is 0 Å². The summed E-state index contributed by atoms with van der Waals surface area (Å²) in [4.78, 5) is 1.12. The molecule has 0 bridgehead atoms. The van der Waals surface area contributed by atoms with E-state index in [0.717, 1.165) is 10.6 Å². The van der Waals surface area contributed by atoms with Crippen LogP contribution in [0.1, 0.15) is 13.8 Å². The fourth-order valence-electron chi connectivity index (χ4n) is 0.997. The Bertz CT molecular complexity index is 286. The molecular formula is C10H13ClOS. The van der Waals surface area contributed by atoms with Gasteiger partial charge in [-0.25, -0.2) is 0 Å². The van der Waals surface area contributed by atoms with Gasteiger partial charge in [0.15, 0.2) is 0 Å². The summed E-state index contributed by atoms with van der Waals surface area (Å²) in [7, 11) is 0. The molecule has 0 N–H and O–H groups in total. The van der Waals surface area contributed by atoms with Crippen molar-refractivity contribution in [3.05, 3.63) is 23.2 Å². The summed E-state index contributed by atoms with van der Waals surface area (Å²) in [6.07, 6.45) is 2.21. The summed E-state index contributed by atoms with van der Waals surface area (Å²) < 4.78 is 5.61. The van der Waals surface area contributed by atoms with Crippen LogP contribution in [0.4, 0.5) is 0 Å². The van der Waals surface area contributed by atoms with Crippen molar-refractivity contribution in [2.45, 2.75) is 24.8 Å². The first-order valence-corrected chi connectivity index (χ1v) is 5.74. The van der Waals surface area contributed by atoms with Gasteiger partial charge in [0.25, 0.3) is 0 Å². The molecule has 0 heterocycles. The molecule has 0 atom stereocenters. The number of rotatable bonds is 3. The Morgan fingerprint density at radius 3 is 2.62 bits per heavy atom. The second kappa shape index (κ2) is 4.77. The van der Waals surface area contributed by atoms with Crippen LogP contribution in [0.5, 0.6) is 5.75 Å². The van der Waals surface area contributed by atoms with Crippen LogP contribution in [0.2, 0.25) is 5.02 Å². The molecule has 0 fully saturated rings. The first kappa shape index (κ1) is 10.7. The van der Waals surface area contributed by atoms with Gasteiger partial charge < -0.3 is 4.74 Å². The Labute approximate surface area is 88.4 Å². The molecule has 0 saturated heterocycles. The Kier molecular flexibility index (Phi) is 3.94. The third kappa shape index (κ3) is 3.12. The predicted octanol–water partition coefficient (Wildman–Crippen LogP) is 3.85. The summed E-state index contributed by atoms with van der Waals surface area (Å²) in [5.74, 6) is 0.870. The van der Waals surface area contributed by atoms with E-state index >= 15 is 0 Å². The van der Waals surface area contributed by atoms with Crippen LogP contribution < -0.4 is 4.74 Å². The zero-order valence-electron chi connectivity index (χ0n) is 8.00. The quantitative estimate of drug-likeness (QED) is 0.710. The molecule has 1 aromatic rings. The Morgan fingerprint density at radius 2 is 2.08 bits per heavy atom. The van der Waals surface area contributed by atoms with Gasteiger partial charge in [-0.2, -0.15) is 0 Å². The van der Waals surface area contributed by atoms with Gasteiger partial charge in [-0.05, 0) is 38.3 Å². The molecule has 72 valence electrons. The zero-order chi connectivity index (χ0) is 9.84. The monoisotopic (exact) mass is 216 g/mol. The Balaban J connectivity index is 2.94. The minimum atomic E-state index is 0.185. The summed E-state index contributed by atoms with van der Waals surface area (Å²) >= 11 is 7.53. The second-order valence-electron chi connectivity index (χ2n) is 2.96. The Morgan fingerprint density at radius 1 is 1.38 bits per heavy atom. The summed E-state index contributed by atoms with van der Waals surface area (Å²) in [5, 5.41) is 0.716. The molecule has 0 spiro atoms. The minimum Gasteiger partial charge on any atom is -0.490 e. The van der Waals surface area contributed by atoms with Crippen molar-refractivity contribution < 1.29 is 4.74 Å². The molecule has 0 unspecified atom stereocenters. The fraction of sp³-hybridized carbons (Fsp3) is 0.400. The van der Waals surface area contributed by atoms with Crippen LogP contribution in [0.15, 0.2) is 23.1 Å². The maximum absolute atomic E-state index is 5.87. The van der Waals surface area contributed by atoms with Crippen molar-refractivity contribution in [1.29, 1.82) is 0 Å². The van der Waals surface area contributed by atoms with E-state index in [1.165, 1.54) is 0 Å². The third-order valence-corrected chi connectivity index (χ3v) is 2.50. The smallest absolute Gasteiger partial charge is 0.134 e. The lowest BCUT2D eigenvalue weighted by molar-refractivity contribution is 0.236. The summed E-state index contributed by atoms with van der Waals surface area (Å²) in [6.45, 7) is 4.01. The van der Waals surface area contributed by atoms with Crippen molar-refractivity contribution in [3.63, 3.8) is 0 Å². The molecule has 0 amide bonds. The van der Waals surface area contributed by atoms with E-state index in [2.05, 4.69) is 0 Å². The predicted molar refractivity (Wildman–Crippen MR) is 59.0 cm³/mol. The van der Waals surface area contributed by atoms with Crippen molar-refractivity contribution in [2.75, 3.05) is 6.26 Å². The normalized spacial score (nSPS) is 10.5. The fourth-order valence-corrected chi connectivity index (χ4v) is 1.67. The first-order chi connectivity index (χ1) is 6.13. The van der Waals surface area contributed by atoms with Gasteiger partial charge in [0.1, 0.15) is 5.75 Å². The van der Waals surface area contributed by atoms with Gasteiger partial charge in [0.05, 0.1) is 6.10 Å².